The van der Waals surface area contributed by atoms with E-state index in [2.05, 4.69) is 31.4 Å². The smallest absolute Gasteiger partial charge is 0.256 e. The van der Waals surface area contributed by atoms with Gasteiger partial charge in [0.1, 0.15) is 5.75 Å². The standard InChI is InChI=1S/C18H16BrN3O3S/c1-11-20-17(25-22-11)10-26-16-6-4-3-5-13(16)18(23)21-14-9-12(19)7-8-15(14)24-2/h3-9H,10H2,1-2H3,(H,21,23). The minimum Gasteiger partial charge on any atom is -0.495 e. The first-order valence-electron chi connectivity index (χ1n) is 7.72. The van der Waals surface area contributed by atoms with Crippen molar-refractivity contribution in [2.24, 2.45) is 0 Å². The number of nitrogens with one attached hydrogen (secondary N) is 1. The van der Waals surface area contributed by atoms with Gasteiger partial charge in [-0.25, -0.2) is 0 Å². The minimum absolute atomic E-state index is 0.216. The van der Waals surface area contributed by atoms with Crippen LogP contribution >= 0.6 is 27.7 Å². The summed E-state index contributed by atoms with van der Waals surface area (Å²) in [5.41, 5.74) is 1.16. The number of ether oxygens (including phenoxy) is 1. The fourth-order valence-electron chi connectivity index (χ4n) is 2.29. The highest BCUT2D eigenvalue weighted by Gasteiger charge is 2.15. The van der Waals surface area contributed by atoms with E-state index in [1.54, 1.807) is 32.2 Å². The molecule has 0 aliphatic carbocycles. The van der Waals surface area contributed by atoms with E-state index in [4.69, 9.17) is 9.26 Å². The van der Waals surface area contributed by atoms with E-state index in [0.29, 0.717) is 34.5 Å². The maximum Gasteiger partial charge on any atom is 0.256 e. The van der Waals surface area contributed by atoms with Crippen LogP contribution in [0.25, 0.3) is 0 Å². The molecule has 3 rings (SSSR count). The SMILES string of the molecule is COc1ccc(Br)cc1NC(=O)c1ccccc1SCc1nc(C)no1. The summed E-state index contributed by atoms with van der Waals surface area (Å²) in [7, 11) is 1.56. The maximum atomic E-state index is 12.8. The third kappa shape index (κ3) is 4.44. The quantitative estimate of drug-likeness (QED) is 0.567. The Morgan fingerprint density at radius 3 is 2.85 bits per heavy atom. The maximum absolute atomic E-state index is 12.8. The number of benzene rings is 2. The van der Waals surface area contributed by atoms with Gasteiger partial charge in [-0.05, 0) is 37.3 Å². The average molecular weight is 434 g/mol. The number of rotatable bonds is 6. The first-order valence-corrected chi connectivity index (χ1v) is 9.50. The lowest BCUT2D eigenvalue weighted by Crippen LogP contribution is -2.13. The molecule has 2 aromatic carbocycles. The molecule has 8 heteroatoms. The fourth-order valence-corrected chi connectivity index (χ4v) is 3.53. The monoisotopic (exact) mass is 433 g/mol. The molecule has 3 aromatic rings. The van der Waals surface area contributed by atoms with E-state index >= 15 is 0 Å². The van der Waals surface area contributed by atoms with E-state index < -0.39 is 0 Å². The van der Waals surface area contributed by atoms with Crippen LogP contribution in [0.3, 0.4) is 0 Å². The lowest BCUT2D eigenvalue weighted by atomic mass is 10.2. The molecule has 0 saturated carbocycles. The van der Waals surface area contributed by atoms with E-state index in [1.165, 1.54) is 11.8 Å². The number of methoxy groups -OCH3 is 1. The average Bonchev–Trinajstić information content (AvgIpc) is 3.06. The zero-order valence-corrected chi connectivity index (χ0v) is 16.6. The number of carbonyl (C=O) groups excluding carboxylic acids is 1. The molecular formula is C18H16BrN3O3S. The van der Waals surface area contributed by atoms with Gasteiger partial charge in [-0.3, -0.25) is 4.79 Å². The first-order chi connectivity index (χ1) is 12.6. The summed E-state index contributed by atoms with van der Waals surface area (Å²) in [6.45, 7) is 1.77. The van der Waals surface area contributed by atoms with Gasteiger partial charge in [-0.15, -0.1) is 11.8 Å². The van der Waals surface area contributed by atoms with Crippen molar-refractivity contribution in [3.8, 4) is 5.75 Å². The summed E-state index contributed by atoms with van der Waals surface area (Å²) >= 11 is 4.87. The van der Waals surface area contributed by atoms with Crippen molar-refractivity contribution in [3.63, 3.8) is 0 Å². The topological polar surface area (TPSA) is 77.2 Å². The Hall–Kier alpha value is -2.32. The summed E-state index contributed by atoms with van der Waals surface area (Å²) < 4.78 is 11.3. The van der Waals surface area contributed by atoms with Gasteiger partial charge < -0.3 is 14.6 Å². The molecule has 0 unspecified atom stereocenters. The van der Waals surface area contributed by atoms with Crippen LogP contribution in [0.15, 0.2) is 56.4 Å². The molecule has 26 heavy (non-hydrogen) atoms. The fraction of sp³-hybridized carbons (Fsp3) is 0.167. The van der Waals surface area contributed by atoms with Gasteiger partial charge in [-0.2, -0.15) is 4.98 Å². The summed E-state index contributed by atoms with van der Waals surface area (Å²) in [5.74, 6) is 1.98. The second kappa shape index (κ2) is 8.37. The van der Waals surface area contributed by atoms with Gasteiger partial charge in [0.25, 0.3) is 5.91 Å². The molecule has 1 aromatic heterocycles. The van der Waals surface area contributed by atoms with Gasteiger partial charge in [0.15, 0.2) is 5.82 Å². The predicted octanol–water partition coefficient (Wildman–Crippen LogP) is 4.69. The number of amides is 1. The molecule has 0 aliphatic rings. The van der Waals surface area contributed by atoms with Crippen LogP contribution in [-0.4, -0.2) is 23.2 Å². The number of hydrogen-bond donors (Lipinski definition) is 1. The third-order valence-corrected chi connectivity index (χ3v) is 5.01. The predicted molar refractivity (Wildman–Crippen MR) is 104 cm³/mol. The number of thioether (sulfide) groups is 1. The molecule has 0 saturated heterocycles. The summed E-state index contributed by atoms with van der Waals surface area (Å²) in [6.07, 6.45) is 0. The Morgan fingerprint density at radius 1 is 1.31 bits per heavy atom. The Morgan fingerprint density at radius 2 is 2.12 bits per heavy atom. The van der Waals surface area contributed by atoms with Gasteiger partial charge in [-0.1, -0.05) is 33.2 Å². The van der Waals surface area contributed by atoms with Gasteiger partial charge >= 0.3 is 0 Å². The van der Waals surface area contributed by atoms with Crippen molar-refractivity contribution in [1.82, 2.24) is 10.1 Å². The number of aryl methyl sites for hydroxylation is 1. The van der Waals surface area contributed by atoms with Crippen LogP contribution in [0.4, 0.5) is 5.69 Å². The minimum atomic E-state index is -0.216. The number of anilines is 1. The van der Waals surface area contributed by atoms with E-state index in [0.717, 1.165) is 9.37 Å². The van der Waals surface area contributed by atoms with Crippen LogP contribution in [0.5, 0.6) is 5.75 Å². The van der Waals surface area contributed by atoms with Crippen LogP contribution in [0.2, 0.25) is 0 Å². The largest absolute Gasteiger partial charge is 0.495 e. The molecule has 6 nitrogen and oxygen atoms in total. The highest BCUT2D eigenvalue weighted by Crippen LogP contribution is 2.30. The van der Waals surface area contributed by atoms with Crippen molar-refractivity contribution in [2.75, 3.05) is 12.4 Å². The number of halogens is 1. The van der Waals surface area contributed by atoms with Crippen LogP contribution in [0, 0.1) is 6.92 Å². The van der Waals surface area contributed by atoms with Crippen LogP contribution in [-0.2, 0) is 5.75 Å². The number of hydrogen-bond acceptors (Lipinski definition) is 6. The zero-order chi connectivity index (χ0) is 18.5. The van der Waals surface area contributed by atoms with Gasteiger partial charge in [0.2, 0.25) is 5.89 Å². The van der Waals surface area contributed by atoms with Crippen molar-refractivity contribution in [3.05, 3.63) is 64.2 Å². The Kier molecular flexibility index (Phi) is 5.95. The molecule has 1 N–H and O–H groups in total. The molecule has 1 amide bonds. The van der Waals surface area contributed by atoms with Crippen molar-refractivity contribution in [1.29, 1.82) is 0 Å². The third-order valence-electron chi connectivity index (χ3n) is 3.46. The lowest BCUT2D eigenvalue weighted by molar-refractivity contribution is 0.102. The van der Waals surface area contributed by atoms with E-state index in [-0.39, 0.29) is 5.91 Å². The summed E-state index contributed by atoms with van der Waals surface area (Å²) in [6, 6.07) is 12.8. The van der Waals surface area contributed by atoms with Crippen molar-refractivity contribution in [2.45, 2.75) is 17.6 Å². The number of carbonyl (C=O) groups is 1. The molecule has 0 bridgehead atoms. The number of aromatic nitrogens is 2. The van der Waals surface area contributed by atoms with Crippen molar-refractivity contribution >= 4 is 39.3 Å². The van der Waals surface area contributed by atoms with Crippen LogP contribution in [0.1, 0.15) is 22.1 Å². The highest BCUT2D eigenvalue weighted by atomic mass is 79.9. The Labute approximate surface area is 163 Å². The van der Waals surface area contributed by atoms with Gasteiger partial charge in [0.05, 0.1) is 24.1 Å². The Bertz CT molecular complexity index is 930. The molecule has 0 atom stereocenters. The molecular weight excluding hydrogens is 418 g/mol. The van der Waals surface area contributed by atoms with Gasteiger partial charge in [0, 0.05) is 9.37 Å². The lowest BCUT2D eigenvalue weighted by Gasteiger charge is -2.12. The second-order valence-corrected chi connectivity index (χ2v) is 7.25. The van der Waals surface area contributed by atoms with Crippen LogP contribution < -0.4 is 10.1 Å². The molecule has 0 aliphatic heterocycles. The summed E-state index contributed by atoms with van der Waals surface area (Å²) in [4.78, 5) is 17.8. The molecule has 0 radical (unpaired) electrons. The normalized spacial score (nSPS) is 10.6. The molecule has 134 valence electrons. The Balaban J connectivity index is 1.78. The van der Waals surface area contributed by atoms with E-state index in [9.17, 15) is 4.79 Å². The van der Waals surface area contributed by atoms with E-state index in [1.807, 2.05) is 24.3 Å². The first kappa shape index (κ1) is 18.5. The zero-order valence-electron chi connectivity index (χ0n) is 14.2. The summed E-state index contributed by atoms with van der Waals surface area (Å²) in [5, 5.41) is 6.68. The molecule has 1 heterocycles. The number of nitrogens with zero attached hydrogens (tertiary/aromatic N) is 2. The van der Waals surface area contributed by atoms with Crippen molar-refractivity contribution < 1.29 is 14.1 Å². The second-order valence-electron chi connectivity index (χ2n) is 5.32. The molecule has 0 fully saturated rings. The molecule has 0 spiro atoms. The highest BCUT2D eigenvalue weighted by molar-refractivity contribution is 9.10.